The molecule has 1 atom stereocenters. The molecule has 2 aromatic carbocycles. The molecule has 0 aliphatic rings. The summed E-state index contributed by atoms with van der Waals surface area (Å²) in [5, 5.41) is 3.68. The van der Waals surface area contributed by atoms with Crippen molar-refractivity contribution in [2.24, 2.45) is 0 Å². The Bertz CT molecular complexity index is 1160. The van der Waals surface area contributed by atoms with Crippen molar-refractivity contribution in [1.82, 2.24) is 10.2 Å². The molecule has 37 heavy (non-hydrogen) atoms. The Morgan fingerprint density at radius 2 is 1.76 bits per heavy atom. The number of anilines is 1. The summed E-state index contributed by atoms with van der Waals surface area (Å²) in [7, 11) is -3.59. The van der Waals surface area contributed by atoms with E-state index in [-0.39, 0.29) is 37.7 Å². The minimum Gasteiger partial charge on any atom is -0.494 e. The minimum atomic E-state index is -3.59. The van der Waals surface area contributed by atoms with Gasteiger partial charge < -0.3 is 15.0 Å². The minimum absolute atomic E-state index is 0.0413. The topological polar surface area (TPSA) is 96.0 Å². The van der Waals surface area contributed by atoms with Crippen LogP contribution in [0.3, 0.4) is 0 Å². The van der Waals surface area contributed by atoms with Crippen LogP contribution in [0.5, 0.6) is 5.75 Å². The molecule has 2 rings (SSSR count). The number of carbonyl (C=O) groups excluding carboxylic acids is 2. The van der Waals surface area contributed by atoms with Crippen molar-refractivity contribution in [2.75, 3.05) is 30.3 Å². The number of carbonyl (C=O) groups is 2. The number of hydrogen-bond donors (Lipinski definition) is 1. The highest BCUT2D eigenvalue weighted by Crippen LogP contribution is 2.25. The zero-order valence-electron chi connectivity index (χ0n) is 21.7. The maximum Gasteiger partial charge on any atom is 0.242 e. The van der Waals surface area contributed by atoms with Crippen molar-refractivity contribution < 1.29 is 22.7 Å². The van der Waals surface area contributed by atoms with Gasteiger partial charge in [0.2, 0.25) is 21.8 Å². The van der Waals surface area contributed by atoms with Crippen LogP contribution in [0, 0.1) is 0 Å². The number of hydrogen-bond acceptors (Lipinski definition) is 5. The van der Waals surface area contributed by atoms with E-state index in [1.54, 1.807) is 49.4 Å². The van der Waals surface area contributed by atoms with Crippen LogP contribution in [-0.2, 0) is 26.2 Å². The van der Waals surface area contributed by atoms with E-state index in [1.165, 1.54) is 9.21 Å². The smallest absolute Gasteiger partial charge is 0.242 e. The van der Waals surface area contributed by atoms with Gasteiger partial charge in [0, 0.05) is 36.1 Å². The number of ether oxygens (including phenoxy) is 1. The molecule has 2 aromatic rings. The largest absolute Gasteiger partial charge is 0.494 e. The van der Waals surface area contributed by atoms with E-state index in [0.29, 0.717) is 40.2 Å². The predicted octanol–water partition coefficient (Wildman–Crippen LogP) is 4.88. The van der Waals surface area contributed by atoms with Gasteiger partial charge in [-0.05, 0) is 68.7 Å². The Morgan fingerprint density at radius 1 is 1.08 bits per heavy atom. The van der Waals surface area contributed by atoms with E-state index in [2.05, 4.69) is 5.32 Å². The first-order valence-corrected chi connectivity index (χ1v) is 14.8. The van der Waals surface area contributed by atoms with Crippen LogP contribution in [-0.4, -0.2) is 57.1 Å². The molecule has 0 unspecified atom stereocenters. The maximum absolute atomic E-state index is 13.3. The first kappa shape index (κ1) is 30.7. The number of nitrogens with one attached hydrogen (secondary N) is 1. The van der Waals surface area contributed by atoms with E-state index in [0.717, 1.165) is 12.7 Å². The standard InChI is InChI=1S/C26H35Cl2N3O5S/c1-5-15-29-26(33)19(3)30(18-20-9-10-21(27)17-24(20)28)25(32)8-7-16-31(37(4,34)35)22-11-13-23(14-12-22)36-6-2/h9-14,17,19H,5-8,15-16,18H2,1-4H3,(H,29,33)/t19-/m1/s1. The van der Waals surface area contributed by atoms with Crippen LogP contribution in [0.15, 0.2) is 42.5 Å². The molecule has 8 nitrogen and oxygen atoms in total. The summed E-state index contributed by atoms with van der Waals surface area (Å²) in [4.78, 5) is 27.5. The third-order valence-corrected chi connectivity index (χ3v) is 7.44. The van der Waals surface area contributed by atoms with E-state index >= 15 is 0 Å². The summed E-state index contributed by atoms with van der Waals surface area (Å²) in [6.45, 7) is 6.69. The van der Waals surface area contributed by atoms with Gasteiger partial charge in [0.05, 0.1) is 18.6 Å². The molecule has 204 valence electrons. The van der Waals surface area contributed by atoms with Crippen molar-refractivity contribution >= 4 is 50.7 Å². The highest BCUT2D eigenvalue weighted by molar-refractivity contribution is 7.92. The number of rotatable bonds is 14. The lowest BCUT2D eigenvalue weighted by molar-refractivity contribution is -0.140. The molecule has 0 aromatic heterocycles. The van der Waals surface area contributed by atoms with Crippen molar-refractivity contribution in [1.29, 1.82) is 0 Å². The second kappa shape index (κ2) is 14.4. The monoisotopic (exact) mass is 571 g/mol. The molecule has 11 heteroatoms. The molecule has 0 fully saturated rings. The van der Waals surface area contributed by atoms with Crippen molar-refractivity contribution in [2.45, 2.75) is 52.6 Å². The van der Waals surface area contributed by atoms with Gasteiger partial charge in [-0.25, -0.2) is 8.42 Å². The summed E-state index contributed by atoms with van der Waals surface area (Å²) in [5.74, 6) is 0.0828. The molecule has 0 spiro atoms. The number of halogens is 2. The second-order valence-electron chi connectivity index (χ2n) is 8.59. The second-order valence-corrected chi connectivity index (χ2v) is 11.3. The number of nitrogens with zero attached hydrogens (tertiary/aromatic N) is 2. The molecule has 2 amide bonds. The Labute approximate surface area is 229 Å². The van der Waals surface area contributed by atoms with E-state index in [4.69, 9.17) is 27.9 Å². The molecule has 0 heterocycles. The number of benzene rings is 2. The summed E-state index contributed by atoms with van der Waals surface area (Å²) in [6.07, 6.45) is 2.19. The van der Waals surface area contributed by atoms with Gasteiger partial charge >= 0.3 is 0 Å². The highest BCUT2D eigenvalue weighted by Gasteiger charge is 2.27. The average molecular weight is 573 g/mol. The molecule has 0 bridgehead atoms. The zero-order chi connectivity index (χ0) is 27.6. The summed E-state index contributed by atoms with van der Waals surface area (Å²) in [5.41, 5.74) is 1.14. The number of sulfonamides is 1. The number of amides is 2. The SMILES string of the molecule is CCCNC(=O)[C@@H](C)N(Cc1ccc(Cl)cc1Cl)C(=O)CCCN(c1ccc(OCC)cc1)S(C)(=O)=O. The molecular weight excluding hydrogens is 537 g/mol. The maximum atomic E-state index is 13.3. The molecule has 0 aliphatic carbocycles. The van der Waals surface area contributed by atoms with Gasteiger partial charge in [0.25, 0.3) is 0 Å². The van der Waals surface area contributed by atoms with Crippen LogP contribution < -0.4 is 14.4 Å². The fourth-order valence-corrected chi connectivity index (χ4v) is 5.12. The van der Waals surface area contributed by atoms with E-state index in [1.807, 2.05) is 13.8 Å². The average Bonchev–Trinajstić information content (AvgIpc) is 2.84. The van der Waals surface area contributed by atoms with E-state index < -0.39 is 16.1 Å². The first-order valence-electron chi connectivity index (χ1n) is 12.2. The third-order valence-electron chi connectivity index (χ3n) is 5.66. The highest BCUT2D eigenvalue weighted by atomic mass is 35.5. The molecule has 0 saturated carbocycles. The Kier molecular flexibility index (Phi) is 12.0. The molecule has 1 N–H and O–H groups in total. The predicted molar refractivity (Wildman–Crippen MR) is 149 cm³/mol. The molecular formula is C26H35Cl2N3O5S. The van der Waals surface area contributed by atoms with Crippen LogP contribution in [0.2, 0.25) is 10.0 Å². The lowest BCUT2D eigenvalue weighted by Crippen LogP contribution is -2.48. The van der Waals surface area contributed by atoms with Gasteiger partial charge in [-0.2, -0.15) is 0 Å². The van der Waals surface area contributed by atoms with Crippen molar-refractivity contribution in [3.63, 3.8) is 0 Å². The van der Waals surface area contributed by atoms with Gasteiger partial charge in [-0.1, -0.05) is 36.2 Å². The van der Waals surface area contributed by atoms with Gasteiger partial charge in [-0.3, -0.25) is 13.9 Å². The van der Waals surface area contributed by atoms with Crippen LogP contribution >= 0.6 is 23.2 Å². The molecule has 0 radical (unpaired) electrons. The fraction of sp³-hybridized carbons (Fsp3) is 0.462. The summed E-state index contributed by atoms with van der Waals surface area (Å²) in [6, 6.07) is 11.0. The summed E-state index contributed by atoms with van der Waals surface area (Å²) >= 11 is 12.3. The fourth-order valence-electron chi connectivity index (χ4n) is 3.69. The zero-order valence-corrected chi connectivity index (χ0v) is 24.0. The van der Waals surface area contributed by atoms with Crippen LogP contribution in [0.25, 0.3) is 0 Å². The quantitative estimate of drug-likeness (QED) is 0.348. The van der Waals surface area contributed by atoms with Crippen LogP contribution in [0.4, 0.5) is 5.69 Å². The first-order chi connectivity index (χ1) is 17.5. The Morgan fingerprint density at radius 3 is 2.32 bits per heavy atom. The molecule has 0 saturated heterocycles. The van der Waals surface area contributed by atoms with Gasteiger partial charge in [0.15, 0.2) is 0 Å². The lowest BCUT2D eigenvalue weighted by Gasteiger charge is -2.29. The van der Waals surface area contributed by atoms with Crippen molar-refractivity contribution in [3.8, 4) is 5.75 Å². The van der Waals surface area contributed by atoms with Crippen molar-refractivity contribution in [3.05, 3.63) is 58.1 Å². The Balaban J connectivity index is 2.17. The van der Waals surface area contributed by atoms with E-state index in [9.17, 15) is 18.0 Å². The van der Waals surface area contributed by atoms with Gasteiger partial charge in [-0.15, -0.1) is 0 Å². The lowest BCUT2D eigenvalue weighted by atomic mass is 10.1. The summed E-state index contributed by atoms with van der Waals surface area (Å²) < 4.78 is 31.6. The van der Waals surface area contributed by atoms with Crippen LogP contribution in [0.1, 0.15) is 45.6 Å². The van der Waals surface area contributed by atoms with Gasteiger partial charge in [0.1, 0.15) is 11.8 Å². The normalized spacial score (nSPS) is 12.1. The molecule has 0 aliphatic heterocycles. The third kappa shape index (κ3) is 9.39. The Hall–Kier alpha value is -2.49.